The van der Waals surface area contributed by atoms with Crippen molar-refractivity contribution in [3.63, 3.8) is 0 Å². The van der Waals surface area contributed by atoms with Crippen molar-refractivity contribution in [2.24, 2.45) is 0 Å². The molecule has 2 aromatic heterocycles. The Morgan fingerprint density at radius 3 is 2.62 bits per heavy atom. The summed E-state index contributed by atoms with van der Waals surface area (Å²) in [7, 11) is 0. The van der Waals surface area contributed by atoms with E-state index in [1.165, 1.54) is 11.8 Å². The first-order valence-corrected chi connectivity index (χ1v) is 11.7. The zero-order valence-corrected chi connectivity index (χ0v) is 18.8. The zero-order chi connectivity index (χ0) is 22.5. The number of hydrogen-bond donors (Lipinski definition) is 0. The van der Waals surface area contributed by atoms with Crippen molar-refractivity contribution >= 4 is 39.4 Å². The fourth-order valence-electron chi connectivity index (χ4n) is 3.80. The van der Waals surface area contributed by atoms with E-state index in [4.69, 9.17) is 10.2 Å². The highest BCUT2D eigenvalue weighted by atomic mass is 32.2. The number of Topliss-reactive ketones (excluding diaryl/α,β-unsaturated/α-hetero) is 1. The summed E-state index contributed by atoms with van der Waals surface area (Å²) >= 11 is 1.31. The zero-order valence-electron chi connectivity index (χ0n) is 18.0. The van der Waals surface area contributed by atoms with Gasteiger partial charge < -0.3 is 4.57 Å². The van der Waals surface area contributed by atoms with Gasteiger partial charge in [0.1, 0.15) is 0 Å². The van der Waals surface area contributed by atoms with Crippen molar-refractivity contribution in [1.29, 1.82) is 5.26 Å². The second-order valence-electron chi connectivity index (χ2n) is 7.60. The number of benzene rings is 2. The van der Waals surface area contributed by atoms with Gasteiger partial charge >= 0.3 is 0 Å². The predicted molar refractivity (Wildman–Crippen MR) is 128 cm³/mol. The van der Waals surface area contributed by atoms with Crippen molar-refractivity contribution in [2.45, 2.75) is 44.4 Å². The van der Waals surface area contributed by atoms with Gasteiger partial charge in [0.15, 0.2) is 10.9 Å². The van der Waals surface area contributed by atoms with Gasteiger partial charge in [-0.1, -0.05) is 55.4 Å². The summed E-state index contributed by atoms with van der Waals surface area (Å²) < 4.78 is 3.65. The van der Waals surface area contributed by atoms with Crippen LogP contribution in [0, 0.1) is 11.3 Å². The van der Waals surface area contributed by atoms with Crippen molar-refractivity contribution in [1.82, 2.24) is 14.1 Å². The van der Waals surface area contributed by atoms with E-state index < -0.39 is 0 Å². The molecule has 0 bridgehead atoms. The first-order valence-electron chi connectivity index (χ1n) is 10.7. The van der Waals surface area contributed by atoms with Gasteiger partial charge in [0.25, 0.3) is 5.56 Å². The highest BCUT2D eigenvalue weighted by molar-refractivity contribution is 7.99. The molecule has 0 aliphatic carbocycles. The fraction of sp³-hybridized carbons (Fsp3) is 0.280. The summed E-state index contributed by atoms with van der Waals surface area (Å²) in [6.07, 6.45) is 4.05. The number of unbranched alkanes of at least 4 members (excludes halogenated alkanes) is 1. The molecule has 0 aliphatic rings. The lowest BCUT2D eigenvalue weighted by molar-refractivity contribution is 0.102. The Bertz CT molecular complexity index is 1380. The van der Waals surface area contributed by atoms with Gasteiger partial charge in [-0.15, -0.1) is 0 Å². The van der Waals surface area contributed by atoms with Crippen LogP contribution in [0.2, 0.25) is 0 Å². The molecule has 7 heteroatoms. The van der Waals surface area contributed by atoms with Crippen molar-refractivity contribution < 1.29 is 4.79 Å². The molecule has 4 aromatic rings. The Morgan fingerprint density at radius 2 is 1.84 bits per heavy atom. The number of hydrogen-bond acceptors (Lipinski definition) is 5. The molecule has 0 saturated carbocycles. The van der Waals surface area contributed by atoms with Gasteiger partial charge in [0, 0.05) is 35.8 Å². The third kappa shape index (κ3) is 4.32. The Balaban J connectivity index is 1.65. The van der Waals surface area contributed by atoms with Crippen LogP contribution in [0.3, 0.4) is 0 Å². The van der Waals surface area contributed by atoms with Crippen molar-refractivity contribution in [3.05, 3.63) is 70.6 Å². The molecule has 0 fully saturated rings. The van der Waals surface area contributed by atoms with Crippen LogP contribution < -0.4 is 5.56 Å². The van der Waals surface area contributed by atoms with Gasteiger partial charge in [-0.05, 0) is 24.6 Å². The number of nitrogens with zero attached hydrogens (tertiary/aromatic N) is 4. The summed E-state index contributed by atoms with van der Waals surface area (Å²) in [4.78, 5) is 30.9. The average molecular weight is 445 g/mol. The van der Waals surface area contributed by atoms with E-state index in [2.05, 4.69) is 13.0 Å². The molecule has 4 rings (SSSR count). The molecular weight excluding hydrogens is 420 g/mol. The second-order valence-corrected chi connectivity index (χ2v) is 8.54. The maximum absolute atomic E-state index is 13.2. The van der Waals surface area contributed by atoms with E-state index in [1.807, 2.05) is 53.2 Å². The largest absolute Gasteiger partial charge is 0.346 e. The maximum Gasteiger partial charge on any atom is 0.262 e. The summed E-state index contributed by atoms with van der Waals surface area (Å²) in [5.41, 5.74) is 2.16. The molecule has 0 N–H and O–H groups in total. The number of thioether (sulfide) groups is 1. The van der Waals surface area contributed by atoms with E-state index in [1.54, 1.807) is 10.6 Å². The summed E-state index contributed by atoms with van der Waals surface area (Å²) in [6, 6.07) is 17.2. The molecule has 0 unspecified atom stereocenters. The number of carbonyl (C=O) groups is 1. The van der Waals surface area contributed by atoms with Gasteiger partial charge in [-0.2, -0.15) is 5.26 Å². The minimum atomic E-state index is -0.0629. The van der Waals surface area contributed by atoms with Crippen LogP contribution in [-0.4, -0.2) is 25.7 Å². The molecular formula is C25H24N4O2S. The molecule has 2 aromatic carbocycles. The number of rotatable bonds is 9. The number of aromatic nitrogens is 3. The van der Waals surface area contributed by atoms with Crippen molar-refractivity contribution in [2.75, 3.05) is 5.75 Å². The van der Waals surface area contributed by atoms with Crippen LogP contribution in [0.1, 0.15) is 36.5 Å². The van der Waals surface area contributed by atoms with Gasteiger partial charge in [0.2, 0.25) is 0 Å². The highest BCUT2D eigenvalue weighted by Crippen LogP contribution is 2.25. The minimum Gasteiger partial charge on any atom is -0.346 e. The van der Waals surface area contributed by atoms with Crippen LogP contribution in [0.15, 0.2) is 64.7 Å². The van der Waals surface area contributed by atoms with Gasteiger partial charge in [-0.25, -0.2) is 4.98 Å². The molecule has 6 nitrogen and oxygen atoms in total. The number of ketones is 1. The SMILES string of the molecule is CCCCn1c(SCC(=O)c2cn(CCC#N)c3ccccc23)nc2ccccc2c1=O. The lowest BCUT2D eigenvalue weighted by Crippen LogP contribution is -2.23. The standard InChI is InChI=1S/C25H24N4O2S/c1-2-3-15-29-24(31)19-10-4-6-11-21(19)27-25(29)32-17-23(30)20-16-28(14-8-13-26)22-12-7-5-9-18(20)22/h4-7,9-12,16H,2-3,8,14-15,17H2,1H3. The van der Waals surface area contributed by atoms with E-state index in [0.29, 0.717) is 41.1 Å². The summed E-state index contributed by atoms with van der Waals surface area (Å²) in [6.45, 7) is 3.20. The number of para-hydroxylation sites is 2. The van der Waals surface area contributed by atoms with Crippen LogP contribution in [-0.2, 0) is 13.1 Å². The Hall–Kier alpha value is -3.37. The maximum atomic E-state index is 13.2. The topological polar surface area (TPSA) is 80.7 Å². The molecule has 162 valence electrons. The normalized spacial score (nSPS) is 11.1. The summed E-state index contributed by atoms with van der Waals surface area (Å²) in [5, 5.41) is 11.0. The van der Waals surface area contributed by atoms with Crippen LogP contribution in [0.5, 0.6) is 0 Å². The van der Waals surface area contributed by atoms with E-state index in [-0.39, 0.29) is 17.1 Å². The molecule has 0 amide bonds. The fourth-order valence-corrected chi connectivity index (χ4v) is 4.71. The highest BCUT2D eigenvalue weighted by Gasteiger charge is 2.17. The molecule has 0 radical (unpaired) electrons. The summed E-state index contributed by atoms with van der Waals surface area (Å²) in [5.74, 6) is 0.162. The second kappa shape index (κ2) is 9.84. The Morgan fingerprint density at radius 1 is 1.09 bits per heavy atom. The predicted octanol–water partition coefficient (Wildman–Crippen LogP) is 5.04. The molecule has 0 saturated heterocycles. The smallest absolute Gasteiger partial charge is 0.262 e. The Kier molecular flexibility index (Phi) is 6.72. The first kappa shape index (κ1) is 21.8. The average Bonchev–Trinajstić information content (AvgIpc) is 3.19. The molecule has 0 aliphatic heterocycles. The third-order valence-corrected chi connectivity index (χ3v) is 6.42. The van der Waals surface area contributed by atoms with E-state index in [0.717, 1.165) is 23.7 Å². The quantitative estimate of drug-likeness (QED) is 0.205. The molecule has 0 spiro atoms. The minimum absolute atomic E-state index is 0.0219. The lowest BCUT2D eigenvalue weighted by atomic mass is 10.1. The van der Waals surface area contributed by atoms with Crippen molar-refractivity contribution in [3.8, 4) is 6.07 Å². The molecule has 32 heavy (non-hydrogen) atoms. The van der Waals surface area contributed by atoms with E-state index >= 15 is 0 Å². The van der Waals surface area contributed by atoms with Crippen LogP contribution in [0.4, 0.5) is 0 Å². The van der Waals surface area contributed by atoms with Gasteiger partial charge in [-0.3, -0.25) is 14.2 Å². The third-order valence-electron chi connectivity index (χ3n) is 5.45. The first-order chi connectivity index (χ1) is 15.6. The number of fused-ring (bicyclic) bond motifs is 2. The van der Waals surface area contributed by atoms with Gasteiger partial charge in [0.05, 0.1) is 29.1 Å². The Labute approximate surface area is 190 Å². The number of aryl methyl sites for hydroxylation is 1. The molecule has 0 atom stereocenters. The molecule has 2 heterocycles. The van der Waals surface area contributed by atoms with Crippen LogP contribution in [0.25, 0.3) is 21.8 Å². The number of carbonyl (C=O) groups excluding carboxylic acids is 1. The van der Waals surface area contributed by atoms with Crippen LogP contribution >= 0.6 is 11.8 Å². The van der Waals surface area contributed by atoms with E-state index in [9.17, 15) is 9.59 Å². The lowest BCUT2D eigenvalue weighted by Gasteiger charge is -2.12. The monoisotopic (exact) mass is 444 g/mol. The number of nitriles is 1.